The first-order valence-electron chi connectivity index (χ1n) is 13.5. The first kappa shape index (κ1) is 28.7. The van der Waals surface area contributed by atoms with Gasteiger partial charge in [0.25, 0.3) is 5.91 Å². The lowest BCUT2D eigenvalue weighted by atomic mass is 9.95. The third-order valence-corrected chi connectivity index (χ3v) is 7.83. The fraction of sp³-hybridized carbons (Fsp3) is 0.448. The molecule has 1 saturated carbocycles. The molecule has 2 aliphatic heterocycles. The van der Waals surface area contributed by atoms with Gasteiger partial charge in [0.1, 0.15) is 11.7 Å². The molecule has 1 unspecified atom stereocenters. The number of pyridine rings is 1. The number of piperazine rings is 1. The number of dihydropyridines is 1. The lowest BCUT2D eigenvalue weighted by Gasteiger charge is -2.44. The van der Waals surface area contributed by atoms with E-state index in [0.717, 1.165) is 12.8 Å². The molecule has 1 N–H and O–H groups in total. The van der Waals surface area contributed by atoms with E-state index >= 15 is 4.39 Å². The topological polar surface area (TPSA) is 87.1 Å². The van der Waals surface area contributed by atoms with Crippen LogP contribution in [0.25, 0.3) is 11.1 Å². The molecule has 2 aromatic rings. The fourth-order valence-corrected chi connectivity index (χ4v) is 5.03. The Hall–Kier alpha value is -3.80. The Bertz CT molecular complexity index is 1380. The normalized spacial score (nSPS) is 23.4. The van der Waals surface area contributed by atoms with Gasteiger partial charge in [0.2, 0.25) is 11.8 Å². The molecule has 2 amide bonds. The highest BCUT2D eigenvalue weighted by molar-refractivity contribution is 6.11. The Labute approximate surface area is 235 Å². The number of halogens is 4. The van der Waals surface area contributed by atoms with Crippen molar-refractivity contribution in [1.82, 2.24) is 9.88 Å². The number of likely N-dealkylation sites (N-methyl/N-ethyl adjacent to an activating group) is 1. The molecule has 41 heavy (non-hydrogen) atoms. The van der Waals surface area contributed by atoms with E-state index < -0.39 is 35.3 Å². The first-order valence-corrected chi connectivity index (χ1v) is 13.5. The Morgan fingerprint density at radius 2 is 1.85 bits per heavy atom. The number of carbonyl (C=O) groups excluding carboxylic acids is 2. The van der Waals surface area contributed by atoms with Gasteiger partial charge in [0.15, 0.2) is 0 Å². The second-order valence-corrected chi connectivity index (χ2v) is 10.9. The minimum absolute atomic E-state index is 0.0914. The zero-order valence-corrected chi connectivity index (χ0v) is 22.9. The van der Waals surface area contributed by atoms with Crippen LogP contribution in [0.4, 0.5) is 28.9 Å². The molecule has 0 spiro atoms. The number of ether oxygens (including phenoxy) is 1. The molecule has 3 heterocycles. The van der Waals surface area contributed by atoms with Gasteiger partial charge >= 0.3 is 6.18 Å². The predicted molar refractivity (Wildman–Crippen MR) is 147 cm³/mol. The van der Waals surface area contributed by atoms with E-state index in [-0.39, 0.29) is 23.3 Å². The van der Waals surface area contributed by atoms with Crippen molar-refractivity contribution in [3.8, 4) is 17.0 Å². The van der Waals surface area contributed by atoms with Gasteiger partial charge in [-0.2, -0.15) is 13.2 Å². The number of alkyl halides is 3. The van der Waals surface area contributed by atoms with E-state index in [4.69, 9.17) is 4.74 Å². The smallest absolute Gasteiger partial charge is 0.414 e. The van der Waals surface area contributed by atoms with Crippen LogP contribution in [0.3, 0.4) is 0 Å². The number of hydrogen-bond acceptors (Lipinski definition) is 6. The summed E-state index contributed by atoms with van der Waals surface area (Å²) >= 11 is 0. The summed E-state index contributed by atoms with van der Waals surface area (Å²) in [6.07, 6.45) is -0.205. The summed E-state index contributed by atoms with van der Waals surface area (Å²) in [4.78, 5) is 36.6. The number of aliphatic imine (C=N–C) groups is 1. The Balaban J connectivity index is 1.49. The zero-order chi connectivity index (χ0) is 29.5. The number of anilines is 2. The van der Waals surface area contributed by atoms with Crippen molar-refractivity contribution in [2.45, 2.75) is 44.9 Å². The zero-order valence-electron chi connectivity index (χ0n) is 22.9. The number of nitrogens with one attached hydrogen (secondary N) is 1. The monoisotopic (exact) mass is 573 g/mol. The van der Waals surface area contributed by atoms with Gasteiger partial charge in [-0.3, -0.25) is 14.5 Å². The summed E-state index contributed by atoms with van der Waals surface area (Å²) in [6, 6.07) is 6.14. The Kier molecular flexibility index (Phi) is 7.87. The molecule has 1 aliphatic carbocycles. The molecule has 1 aromatic carbocycles. The molecule has 8 nitrogen and oxygen atoms in total. The minimum atomic E-state index is -4.92. The number of rotatable bonds is 7. The average Bonchev–Trinajstić information content (AvgIpc) is 3.75. The molecule has 0 radical (unpaired) electrons. The standard InChI is InChI=1S/C29H31F4N5O3/c1-16-13-38(14-17(2)37(16)3)25-10-23(30)20(19-6-7-27(35-11-19)41-15-18-4-5-18)8-24(25)36-28(40)21-12-34-26(39)9-22(21)29(31,32)33/h6-12,16-18,21H,4-5,13-15H2,1-3H3,(H,36,40)/t16-,17+,21?. The molecule has 0 bridgehead atoms. The van der Waals surface area contributed by atoms with E-state index in [1.165, 1.54) is 18.3 Å². The van der Waals surface area contributed by atoms with Crippen molar-refractivity contribution in [2.24, 2.45) is 16.8 Å². The van der Waals surface area contributed by atoms with Crippen molar-refractivity contribution >= 4 is 29.4 Å². The van der Waals surface area contributed by atoms with Gasteiger partial charge in [0.05, 0.1) is 23.6 Å². The molecular weight excluding hydrogens is 542 g/mol. The molecule has 3 aliphatic rings. The number of aromatic nitrogens is 1. The molecule has 3 atom stereocenters. The average molecular weight is 574 g/mol. The molecule has 5 rings (SSSR count). The molecule has 1 aromatic heterocycles. The van der Waals surface area contributed by atoms with Gasteiger partial charge in [-0.1, -0.05) is 0 Å². The summed E-state index contributed by atoms with van der Waals surface area (Å²) < 4.78 is 62.4. The number of hydrogen-bond donors (Lipinski definition) is 1. The highest BCUT2D eigenvalue weighted by Crippen LogP contribution is 2.38. The third-order valence-electron chi connectivity index (χ3n) is 7.83. The minimum Gasteiger partial charge on any atom is -0.477 e. The maximum absolute atomic E-state index is 15.6. The molecule has 1 saturated heterocycles. The van der Waals surface area contributed by atoms with Crippen LogP contribution in [0, 0.1) is 17.7 Å². The fourth-order valence-electron chi connectivity index (χ4n) is 5.03. The van der Waals surface area contributed by atoms with Crippen molar-refractivity contribution < 1.29 is 31.9 Å². The largest absolute Gasteiger partial charge is 0.477 e. The first-order chi connectivity index (χ1) is 19.4. The summed E-state index contributed by atoms with van der Waals surface area (Å²) in [7, 11) is 1.98. The number of nitrogens with zero attached hydrogens (tertiary/aromatic N) is 4. The van der Waals surface area contributed by atoms with Crippen molar-refractivity contribution in [2.75, 3.05) is 37.0 Å². The molecular formula is C29H31F4N5O3. The molecule has 2 fully saturated rings. The van der Waals surface area contributed by atoms with Crippen molar-refractivity contribution in [1.29, 1.82) is 0 Å². The van der Waals surface area contributed by atoms with E-state index in [1.807, 2.05) is 25.8 Å². The van der Waals surface area contributed by atoms with E-state index in [0.29, 0.717) is 55.0 Å². The number of benzene rings is 1. The number of carbonyl (C=O) groups is 2. The van der Waals surface area contributed by atoms with Crippen LogP contribution in [0.5, 0.6) is 5.88 Å². The van der Waals surface area contributed by atoms with E-state index in [2.05, 4.69) is 20.2 Å². The molecule has 12 heteroatoms. The van der Waals surface area contributed by atoms with Gasteiger partial charge in [-0.15, -0.1) is 0 Å². The van der Waals surface area contributed by atoms with Crippen LogP contribution < -0.4 is 15.0 Å². The van der Waals surface area contributed by atoms with Crippen LogP contribution in [0.1, 0.15) is 26.7 Å². The summed E-state index contributed by atoms with van der Waals surface area (Å²) in [5, 5.41) is 2.57. The second kappa shape index (κ2) is 11.2. The highest BCUT2D eigenvalue weighted by atomic mass is 19.4. The van der Waals surface area contributed by atoms with Crippen LogP contribution in [-0.2, 0) is 9.59 Å². The van der Waals surface area contributed by atoms with Gasteiger partial charge < -0.3 is 15.0 Å². The Morgan fingerprint density at radius 1 is 1.15 bits per heavy atom. The lowest BCUT2D eigenvalue weighted by molar-refractivity contribution is -0.124. The summed E-state index contributed by atoms with van der Waals surface area (Å²) in [6.45, 7) is 5.60. The Morgan fingerprint density at radius 3 is 2.46 bits per heavy atom. The maximum atomic E-state index is 15.6. The summed E-state index contributed by atoms with van der Waals surface area (Å²) in [5.41, 5.74) is -0.322. The maximum Gasteiger partial charge on any atom is 0.414 e. The van der Waals surface area contributed by atoms with Crippen molar-refractivity contribution in [3.05, 3.63) is 47.9 Å². The quantitative estimate of drug-likeness (QED) is 0.477. The third kappa shape index (κ3) is 6.42. The van der Waals surface area contributed by atoms with Crippen molar-refractivity contribution in [3.63, 3.8) is 0 Å². The van der Waals surface area contributed by atoms with Gasteiger partial charge in [0, 0.05) is 60.9 Å². The van der Waals surface area contributed by atoms with Crippen LogP contribution in [0.15, 0.2) is 47.1 Å². The van der Waals surface area contributed by atoms with E-state index in [9.17, 15) is 22.8 Å². The number of amides is 2. The highest BCUT2D eigenvalue weighted by Gasteiger charge is 2.43. The lowest BCUT2D eigenvalue weighted by Crippen LogP contribution is -2.55. The van der Waals surface area contributed by atoms with Gasteiger partial charge in [-0.05, 0) is 57.9 Å². The van der Waals surface area contributed by atoms with Crippen LogP contribution >= 0.6 is 0 Å². The SMILES string of the molecule is C[C@@H]1CN(c2cc(F)c(-c3ccc(OCC4CC4)nc3)cc2NC(=O)C2C=NC(=O)C=C2C(F)(F)F)C[C@H](C)N1C. The van der Waals surface area contributed by atoms with Gasteiger partial charge in [-0.25, -0.2) is 14.4 Å². The molecule has 218 valence electrons. The van der Waals surface area contributed by atoms with Crippen LogP contribution in [-0.4, -0.2) is 72.9 Å². The predicted octanol–water partition coefficient (Wildman–Crippen LogP) is 4.86. The van der Waals surface area contributed by atoms with E-state index in [1.54, 1.807) is 12.1 Å². The second-order valence-electron chi connectivity index (χ2n) is 10.9. The van der Waals surface area contributed by atoms with Crippen LogP contribution in [0.2, 0.25) is 0 Å². The summed E-state index contributed by atoms with van der Waals surface area (Å²) in [5.74, 6) is -3.61.